The molecule has 2 saturated heterocycles. The first-order valence-electron chi connectivity index (χ1n) is 12.8. The van der Waals surface area contributed by atoms with Crippen molar-refractivity contribution < 1.29 is 14.7 Å². The summed E-state index contributed by atoms with van der Waals surface area (Å²) in [7, 11) is 1.92. The van der Waals surface area contributed by atoms with Gasteiger partial charge in [0.25, 0.3) is 0 Å². The van der Waals surface area contributed by atoms with Crippen LogP contribution in [0.5, 0.6) is 0 Å². The number of amides is 2. The molecule has 2 aromatic rings. The zero-order valence-electron chi connectivity index (χ0n) is 21.1. The molecule has 3 fully saturated rings. The van der Waals surface area contributed by atoms with Crippen molar-refractivity contribution >= 4 is 12.0 Å². The van der Waals surface area contributed by atoms with E-state index < -0.39 is 6.09 Å². The molecule has 1 atom stereocenters. The lowest BCUT2D eigenvalue weighted by Gasteiger charge is -2.58. The number of piperazine rings is 1. The molecule has 0 radical (unpaired) electrons. The van der Waals surface area contributed by atoms with Crippen LogP contribution in [0.3, 0.4) is 0 Å². The SMILES string of the molecule is CC(C)c1ccccc1[C@H]1CN(Cc2cnn(C)c2)CC(=O)N1C1CC2(CCN(C(=O)O)CC2)C1. The molecule has 0 unspecified atom stereocenters. The summed E-state index contributed by atoms with van der Waals surface area (Å²) in [6.45, 7) is 7.59. The topological polar surface area (TPSA) is 81.9 Å². The Morgan fingerprint density at radius 3 is 2.54 bits per heavy atom. The summed E-state index contributed by atoms with van der Waals surface area (Å²) in [5.41, 5.74) is 3.87. The molecule has 1 aliphatic carbocycles. The number of aryl methyl sites for hydroxylation is 1. The highest BCUT2D eigenvalue weighted by atomic mass is 16.4. The van der Waals surface area contributed by atoms with Crippen LogP contribution in [-0.2, 0) is 18.4 Å². The Bertz CT molecular complexity index is 1080. The minimum atomic E-state index is -0.819. The molecule has 1 aromatic carbocycles. The van der Waals surface area contributed by atoms with E-state index in [9.17, 15) is 14.7 Å². The summed E-state index contributed by atoms with van der Waals surface area (Å²) in [5, 5.41) is 13.6. The summed E-state index contributed by atoms with van der Waals surface area (Å²) in [5.74, 6) is 0.580. The van der Waals surface area contributed by atoms with E-state index in [-0.39, 0.29) is 23.4 Å². The predicted molar refractivity (Wildman–Crippen MR) is 133 cm³/mol. The molecule has 5 rings (SSSR count). The summed E-state index contributed by atoms with van der Waals surface area (Å²) in [6, 6.07) is 8.83. The fourth-order valence-corrected chi connectivity index (χ4v) is 6.54. The molecule has 1 N–H and O–H groups in total. The Labute approximate surface area is 207 Å². The first-order chi connectivity index (χ1) is 16.7. The van der Waals surface area contributed by atoms with E-state index in [4.69, 9.17) is 0 Å². The lowest BCUT2D eigenvalue weighted by atomic mass is 9.59. The molecule has 1 spiro atoms. The monoisotopic (exact) mass is 479 g/mol. The molecule has 3 aliphatic rings. The summed E-state index contributed by atoms with van der Waals surface area (Å²) >= 11 is 0. The number of likely N-dealkylation sites (tertiary alicyclic amines) is 1. The average Bonchev–Trinajstić information content (AvgIpc) is 3.21. The van der Waals surface area contributed by atoms with Gasteiger partial charge in [0.15, 0.2) is 0 Å². The maximum Gasteiger partial charge on any atom is 0.407 e. The number of benzene rings is 1. The third-order valence-corrected chi connectivity index (χ3v) is 8.38. The second-order valence-corrected chi connectivity index (χ2v) is 11.1. The normalized spacial score (nSPS) is 23.2. The Balaban J connectivity index is 1.37. The van der Waals surface area contributed by atoms with E-state index >= 15 is 0 Å². The van der Waals surface area contributed by atoms with Crippen LogP contribution in [0.4, 0.5) is 4.79 Å². The van der Waals surface area contributed by atoms with E-state index in [0.29, 0.717) is 32.1 Å². The third kappa shape index (κ3) is 4.68. The number of carboxylic acid groups (broad SMARTS) is 1. The largest absolute Gasteiger partial charge is 0.465 e. The van der Waals surface area contributed by atoms with Crippen molar-refractivity contribution in [3.63, 3.8) is 0 Å². The molecular weight excluding hydrogens is 442 g/mol. The molecule has 8 heteroatoms. The van der Waals surface area contributed by atoms with Crippen LogP contribution in [0.25, 0.3) is 0 Å². The van der Waals surface area contributed by atoms with Crippen molar-refractivity contribution in [3.8, 4) is 0 Å². The molecule has 0 bridgehead atoms. The molecule has 2 amide bonds. The van der Waals surface area contributed by atoms with Gasteiger partial charge in [0.2, 0.25) is 5.91 Å². The third-order valence-electron chi connectivity index (χ3n) is 8.38. The number of rotatable bonds is 5. The minimum absolute atomic E-state index is 0.0213. The van der Waals surface area contributed by atoms with Crippen molar-refractivity contribution in [3.05, 3.63) is 53.3 Å². The zero-order valence-corrected chi connectivity index (χ0v) is 21.1. The summed E-state index contributed by atoms with van der Waals surface area (Å²) in [4.78, 5) is 31.0. The van der Waals surface area contributed by atoms with Crippen LogP contribution in [-0.4, -0.2) is 73.8 Å². The van der Waals surface area contributed by atoms with Gasteiger partial charge >= 0.3 is 6.09 Å². The van der Waals surface area contributed by atoms with Gasteiger partial charge in [-0.05, 0) is 48.1 Å². The number of nitrogens with zero attached hydrogens (tertiary/aromatic N) is 5. The van der Waals surface area contributed by atoms with Crippen LogP contribution in [0.1, 0.15) is 68.2 Å². The van der Waals surface area contributed by atoms with Gasteiger partial charge in [-0.2, -0.15) is 5.10 Å². The van der Waals surface area contributed by atoms with Crippen LogP contribution < -0.4 is 0 Å². The van der Waals surface area contributed by atoms with Gasteiger partial charge in [-0.3, -0.25) is 14.4 Å². The van der Waals surface area contributed by atoms with E-state index in [1.165, 1.54) is 16.0 Å². The highest BCUT2D eigenvalue weighted by molar-refractivity contribution is 5.80. The predicted octanol–water partition coefficient (Wildman–Crippen LogP) is 3.85. The number of piperidine rings is 1. The highest BCUT2D eigenvalue weighted by Gasteiger charge is 2.52. The summed E-state index contributed by atoms with van der Waals surface area (Å²) < 4.78 is 1.81. The Kier molecular flexibility index (Phi) is 6.34. The van der Waals surface area contributed by atoms with Crippen molar-refractivity contribution in [2.75, 3.05) is 26.2 Å². The van der Waals surface area contributed by atoms with Gasteiger partial charge in [0.1, 0.15) is 0 Å². The van der Waals surface area contributed by atoms with E-state index in [1.807, 2.05) is 24.1 Å². The maximum atomic E-state index is 13.7. The van der Waals surface area contributed by atoms with Gasteiger partial charge < -0.3 is 14.9 Å². The van der Waals surface area contributed by atoms with E-state index in [0.717, 1.165) is 37.8 Å². The van der Waals surface area contributed by atoms with Gasteiger partial charge in [0, 0.05) is 51.0 Å². The quantitative estimate of drug-likeness (QED) is 0.704. The lowest BCUT2D eigenvalue weighted by molar-refractivity contribution is -0.153. The maximum absolute atomic E-state index is 13.7. The first-order valence-corrected chi connectivity index (χ1v) is 12.8. The Morgan fingerprint density at radius 1 is 1.20 bits per heavy atom. The van der Waals surface area contributed by atoms with Gasteiger partial charge in [0.05, 0.1) is 18.8 Å². The van der Waals surface area contributed by atoms with Crippen molar-refractivity contribution in [1.29, 1.82) is 0 Å². The molecule has 2 aliphatic heterocycles. The molecule has 188 valence electrons. The fraction of sp³-hybridized carbons (Fsp3) is 0.593. The number of carbonyl (C=O) groups is 2. The average molecular weight is 480 g/mol. The van der Waals surface area contributed by atoms with Crippen molar-refractivity contribution in [2.45, 2.75) is 64.1 Å². The zero-order chi connectivity index (χ0) is 24.7. The Morgan fingerprint density at radius 2 is 1.91 bits per heavy atom. The standard InChI is InChI=1S/C27H37N5O3/c1-19(2)22-6-4-5-7-23(22)24-17-30(16-20-14-28-29(3)15-20)18-25(33)32(24)21-12-27(13-21)8-10-31(11-9-27)26(34)35/h4-7,14-15,19,21,24H,8-13,16-18H2,1-3H3,(H,34,35)/t24-/m1/s1. The number of hydrogen-bond donors (Lipinski definition) is 1. The smallest absolute Gasteiger partial charge is 0.407 e. The highest BCUT2D eigenvalue weighted by Crippen LogP contribution is 2.53. The van der Waals surface area contributed by atoms with Gasteiger partial charge in [-0.25, -0.2) is 4.79 Å². The molecule has 35 heavy (non-hydrogen) atoms. The molecule has 3 heterocycles. The number of hydrogen-bond acceptors (Lipinski definition) is 4. The molecule has 1 saturated carbocycles. The molecule has 8 nitrogen and oxygen atoms in total. The van der Waals surface area contributed by atoms with Crippen LogP contribution in [0.15, 0.2) is 36.7 Å². The first kappa shape index (κ1) is 23.9. The molecular formula is C27H37N5O3. The second-order valence-electron chi connectivity index (χ2n) is 11.1. The molecule has 1 aromatic heterocycles. The van der Waals surface area contributed by atoms with Crippen LogP contribution >= 0.6 is 0 Å². The lowest BCUT2D eigenvalue weighted by Crippen LogP contribution is -2.62. The van der Waals surface area contributed by atoms with Crippen molar-refractivity contribution in [1.82, 2.24) is 24.5 Å². The number of aromatic nitrogens is 2. The van der Waals surface area contributed by atoms with Crippen molar-refractivity contribution in [2.24, 2.45) is 12.5 Å². The van der Waals surface area contributed by atoms with Gasteiger partial charge in [-0.1, -0.05) is 38.1 Å². The fourth-order valence-electron chi connectivity index (χ4n) is 6.54. The number of carbonyl (C=O) groups excluding carboxylic acids is 1. The van der Waals surface area contributed by atoms with E-state index in [2.05, 4.69) is 53.0 Å². The second kappa shape index (κ2) is 9.30. The Hall–Kier alpha value is -2.87. The minimum Gasteiger partial charge on any atom is -0.465 e. The van der Waals surface area contributed by atoms with Crippen LogP contribution in [0, 0.1) is 5.41 Å². The van der Waals surface area contributed by atoms with Crippen LogP contribution in [0.2, 0.25) is 0 Å². The summed E-state index contributed by atoms with van der Waals surface area (Å²) in [6.07, 6.45) is 6.85. The van der Waals surface area contributed by atoms with E-state index in [1.54, 1.807) is 0 Å². The van der Waals surface area contributed by atoms with Gasteiger partial charge in [-0.15, -0.1) is 0 Å².